The number of carbonyl (C=O) groups excluding carboxylic acids is 2. The Morgan fingerprint density at radius 3 is 2.72 bits per heavy atom. The van der Waals surface area contributed by atoms with Crippen molar-refractivity contribution in [3.63, 3.8) is 0 Å². The molecule has 2 N–H and O–H groups in total. The molecule has 29 heavy (non-hydrogen) atoms. The summed E-state index contributed by atoms with van der Waals surface area (Å²) in [4.78, 5) is 27.8. The lowest BCUT2D eigenvalue weighted by molar-refractivity contribution is -0.144. The highest BCUT2D eigenvalue weighted by atomic mass is 16.5. The Morgan fingerprint density at radius 1 is 1.31 bits per heavy atom. The fraction of sp³-hybridized carbons (Fsp3) is 0.500. The summed E-state index contributed by atoms with van der Waals surface area (Å²) in [6, 6.07) is 7.68. The standard InChI is InChI=1S/C22H30N4O3/c1-14-7-5-6-8-17(14)21-18(9-10-20(27)26(21)11-12-29-4)22(28)23-13-19-15(2)24-25-16(19)3/h5-8,18,21H,9-13H2,1-4H3,(H,23,28)(H,24,25)/t18-,21+/m1/s1. The lowest BCUT2D eigenvalue weighted by atomic mass is 9.82. The number of amides is 2. The fourth-order valence-corrected chi connectivity index (χ4v) is 4.13. The van der Waals surface area contributed by atoms with E-state index in [2.05, 4.69) is 15.5 Å². The summed E-state index contributed by atoms with van der Waals surface area (Å²) in [5.74, 6) is -0.271. The van der Waals surface area contributed by atoms with Gasteiger partial charge in [-0.05, 0) is 38.3 Å². The minimum atomic E-state index is -0.307. The van der Waals surface area contributed by atoms with E-state index in [4.69, 9.17) is 4.74 Å². The Bertz CT molecular complexity index is 857. The number of aromatic amines is 1. The van der Waals surface area contributed by atoms with Crippen molar-refractivity contribution in [2.24, 2.45) is 5.92 Å². The molecule has 0 spiro atoms. The Hall–Kier alpha value is -2.67. The second kappa shape index (κ2) is 9.22. The van der Waals surface area contributed by atoms with Crippen molar-refractivity contribution >= 4 is 11.8 Å². The molecule has 156 valence electrons. The first kappa shape index (κ1) is 21.0. The number of nitrogens with one attached hydrogen (secondary N) is 2. The van der Waals surface area contributed by atoms with Crippen LogP contribution in [0.15, 0.2) is 24.3 Å². The highest BCUT2D eigenvalue weighted by Crippen LogP contribution is 2.38. The average Bonchev–Trinajstić information content (AvgIpc) is 3.03. The maximum absolute atomic E-state index is 13.2. The fourth-order valence-electron chi connectivity index (χ4n) is 4.13. The largest absolute Gasteiger partial charge is 0.383 e. The molecule has 0 radical (unpaired) electrons. The van der Waals surface area contributed by atoms with Gasteiger partial charge in [0.25, 0.3) is 0 Å². The summed E-state index contributed by atoms with van der Waals surface area (Å²) in [7, 11) is 1.62. The molecule has 0 unspecified atom stereocenters. The number of benzene rings is 1. The van der Waals surface area contributed by atoms with E-state index in [9.17, 15) is 9.59 Å². The number of ether oxygens (including phenoxy) is 1. The molecule has 1 saturated heterocycles. The van der Waals surface area contributed by atoms with Crippen molar-refractivity contribution in [3.05, 3.63) is 52.3 Å². The molecular formula is C22H30N4O3. The van der Waals surface area contributed by atoms with Gasteiger partial charge in [0.05, 0.1) is 24.3 Å². The van der Waals surface area contributed by atoms with Crippen molar-refractivity contribution in [2.45, 2.75) is 46.2 Å². The third kappa shape index (κ3) is 4.50. The van der Waals surface area contributed by atoms with E-state index >= 15 is 0 Å². The number of rotatable bonds is 7. The van der Waals surface area contributed by atoms with Gasteiger partial charge in [-0.3, -0.25) is 14.7 Å². The number of piperidine rings is 1. The number of methoxy groups -OCH3 is 1. The van der Waals surface area contributed by atoms with Gasteiger partial charge in [0.15, 0.2) is 0 Å². The number of likely N-dealkylation sites (tertiary alicyclic amines) is 1. The monoisotopic (exact) mass is 398 g/mol. The first-order valence-electron chi connectivity index (χ1n) is 10.1. The lowest BCUT2D eigenvalue weighted by Crippen LogP contribution is -2.49. The Morgan fingerprint density at radius 2 is 2.07 bits per heavy atom. The van der Waals surface area contributed by atoms with Crippen LogP contribution in [-0.4, -0.2) is 47.2 Å². The Kier molecular flexibility index (Phi) is 6.69. The van der Waals surface area contributed by atoms with Crippen LogP contribution in [0, 0.1) is 26.7 Å². The first-order chi connectivity index (χ1) is 13.9. The van der Waals surface area contributed by atoms with Crippen molar-refractivity contribution in [3.8, 4) is 0 Å². The Balaban J connectivity index is 1.86. The van der Waals surface area contributed by atoms with E-state index in [1.807, 2.05) is 49.9 Å². The molecule has 1 aromatic carbocycles. The van der Waals surface area contributed by atoms with Crippen LogP contribution in [-0.2, 0) is 20.9 Å². The number of nitrogens with zero attached hydrogens (tertiary/aromatic N) is 2. The topological polar surface area (TPSA) is 87.3 Å². The SMILES string of the molecule is COCCN1C(=O)CC[C@@H](C(=O)NCc2c(C)n[nH]c2C)[C@@H]1c1ccccc1C. The molecule has 2 atom stereocenters. The van der Waals surface area contributed by atoms with Crippen LogP contribution in [0.5, 0.6) is 0 Å². The summed E-state index contributed by atoms with van der Waals surface area (Å²) in [6.07, 6.45) is 0.907. The lowest BCUT2D eigenvalue weighted by Gasteiger charge is -2.41. The van der Waals surface area contributed by atoms with Gasteiger partial charge in [0.1, 0.15) is 0 Å². The van der Waals surface area contributed by atoms with Gasteiger partial charge >= 0.3 is 0 Å². The van der Waals surface area contributed by atoms with Gasteiger partial charge in [-0.1, -0.05) is 24.3 Å². The van der Waals surface area contributed by atoms with E-state index in [0.717, 1.165) is 28.1 Å². The number of carbonyl (C=O) groups is 2. The molecule has 1 fully saturated rings. The Labute approximate surface area is 171 Å². The second-order valence-electron chi connectivity index (χ2n) is 7.66. The summed E-state index contributed by atoms with van der Waals surface area (Å²) in [6.45, 7) is 7.23. The summed E-state index contributed by atoms with van der Waals surface area (Å²) >= 11 is 0. The average molecular weight is 399 g/mol. The van der Waals surface area contributed by atoms with E-state index in [1.165, 1.54) is 0 Å². The van der Waals surface area contributed by atoms with Gasteiger partial charge < -0.3 is 15.0 Å². The van der Waals surface area contributed by atoms with E-state index in [0.29, 0.717) is 32.5 Å². The van der Waals surface area contributed by atoms with Crippen LogP contribution in [0.25, 0.3) is 0 Å². The molecule has 7 heteroatoms. The van der Waals surface area contributed by atoms with Crippen molar-refractivity contribution < 1.29 is 14.3 Å². The van der Waals surface area contributed by atoms with Crippen LogP contribution in [0.3, 0.4) is 0 Å². The van der Waals surface area contributed by atoms with Crippen molar-refractivity contribution in [2.75, 3.05) is 20.3 Å². The van der Waals surface area contributed by atoms with Crippen molar-refractivity contribution in [1.29, 1.82) is 0 Å². The molecule has 0 saturated carbocycles. The van der Waals surface area contributed by atoms with Gasteiger partial charge in [-0.25, -0.2) is 0 Å². The minimum absolute atomic E-state index is 0.0341. The van der Waals surface area contributed by atoms with Crippen molar-refractivity contribution in [1.82, 2.24) is 20.4 Å². The van der Waals surface area contributed by atoms with Gasteiger partial charge in [-0.15, -0.1) is 0 Å². The molecule has 1 aromatic heterocycles. The molecule has 1 aliphatic heterocycles. The molecule has 0 bridgehead atoms. The highest BCUT2D eigenvalue weighted by molar-refractivity contribution is 5.85. The van der Waals surface area contributed by atoms with Crippen LogP contribution in [0.2, 0.25) is 0 Å². The minimum Gasteiger partial charge on any atom is -0.383 e. The van der Waals surface area contributed by atoms with Crippen LogP contribution >= 0.6 is 0 Å². The third-order valence-corrected chi connectivity index (χ3v) is 5.81. The summed E-state index contributed by atoms with van der Waals surface area (Å²) in [5.41, 5.74) is 4.95. The van der Waals surface area contributed by atoms with E-state index in [1.54, 1.807) is 7.11 Å². The van der Waals surface area contributed by atoms with Gasteiger partial charge in [0.2, 0.25) is 11.8 Å². The smallest absolute Gasteiger partial charge is 0.225 e. The first-order valence-corrected chi connectivity index (χ1v) is 10.1. The molecule has 2 heterocycles. The molecule has 0 aliphatic carbocycles. The molecular weight excluding hydrogens is 368 g/mol. The van der Waals surface area contributed by atoms with Crippen LogP contribution in [0.1, 0.15) is 47.0 Å². The highest BCUT2D eigenvalue weighted by Gasteiger charge is 2.40. The number of aryl methyl sites for hydroxylation is 3. The zero-order chi connectivity index (χ0) is 21.0. The zero-order valence-electron chi connectivity index (χ0n) is 17.6. The zero-order valence-corrected chi connectivity index (χ0v) is 17.6. The predicted octanol–water partition coefficient (Wildman–Crippen LogP) is 2.58. The molecule has 2 aromatic rings. The quantitative estimate of drug-likeness (QED) is 0.750. The number of H-pyrrole nitrogens is 1. The van der Waals surface area contributed by atoms with Crippen LogP contribution < -0.4 is 5.32 Å². The van der Waals surface area contributed by atoms with Crippen LogP contribution in [0.4, 0.5) is 0 Å². The number of aromatic nitrogens is 2. The number of hydrogen-bond donors (Lipinski definition) is 2. The molecule has 2 amide bonds. The molecule has 1 aliphatic rings. The predicted molar refractivity (Wildman–Crippen MR) is 110 cm³/mol. The number of hydrogen-bond acceptors (Lipinski definition) is 4. The van der Waals surface area contributed by atoms with E-state index in [-0.39, 0.29) is 23.8 Å². The summed E-state index contributed by atoms with van der Waals surface area (Å²) < 4.78 is 5.22. The van der Waals surface area contributed by atoms with Gasteiger partial charge in [0, 0.05) is 37.9 Å². The normalized spacial score (nSPS) is 19.4. The van der Waals surface area contributed by atoms with Gasteiger partial charge in [-0.2, -0.15) is 5.10 Å². The second-order valence-corrected chi connectivity index (χ2v) is 7.66. The molecule has 3 rings (SSSR count). The maximum Gasteiger partial charge on any atom is 0.225 e. The third-order valence-electron chi connectivity index (χ3n) is 5.81. The maximum atomic E-state index is 13.2. The summed E-state index contributed by atoms with van der Waals surface area (Å²) in [5, 5.41) is 10.2. The van der Waals surface area contributed by atoms with E-state index < -0.39 is 0 Å². The molecule has 7 nitrogen and oxygen atoms in total.